The summed E-state index contributed by atoms with van der Waals surface area (Å²) in [6, 6.07) is 6.26. The van der Waals surface area contributed by atoms with Gasteiger partial charge >= 0.3 is 5.97 Å². The summed E-state index contributed by atoms with van der Waals surface area (Å²) >= 11 is 15.1. The minimum absolute atomic E-state index is 0.143. The van der Waals surface area contributed by atoms with Crippen molar-refractivity contribution in [2.75, 3.05) is 0 Å². The second kappa shape index (κ2) is 5.99. The third kappa shape index (κ3) is 3.23. The molecule has 0 aromatic heterocycles. The average Bonchev–Trinajstić information content (AvgIpc) is 2.37. The molecule has 3 nitrogen and oxygen atoms in total. The molecule has 0 aliphatic carbocycles. The minimum atomic E-state index is -1.22. The summed E-state index contributed by atoms with van der Waals surface area (Å²) in [5, 5.41) is 9.34. The highest BCUT2D eigenvalue weighted by Crippen LogP contribution is 2.37. The topological polar surface area (TPSA) is 46.5 Å². The van der Waals surface area contributed by atoms with Crippen LogP contribution in [0.3, 0.4) is 0 Å². The third-order valence-corrected chi connectivity index (χ3v) is 3.87. The van der Waals surface area contributed by atoms with E-state index in [1.165, 1.54) is 24.3 Å². The van der Waals surface area contributed by atoms with E-state index in [0.29, 0.717) is 9.50 Å². The summed E-state index contributed by atoms with van der Waals surface area (Å²) in [6.45, 7) is 0. The van der Waals surface area contributed by atoms with Gasteiger partial charge in [-0.2, -0.15) is 0 Å². The Kier molecular flexibility index (Phi) is 4.52. The number of benzene rings is 2. The molecule has 20 heavy (non-hydrogen) atoms. The maximum absolute atomic E-state index is 13.7. The summed E-state index contributed by atoms with van der Waals surface area (Å²) < 4.78 is 19.6. The molecule has 0 fully saturated rings. The number of rotatable bonds is 3. The van der Waals surface area contributed by atoms with Crippen LogP contribution in [0.15, 0.2) is 34.8 Å². The fourth-order valence-corrected chi connectivity index (χ4v) is 2.25. The Morgan fingerprint density at radius 3 is 2.45 bits per heavy atom. The van der Waals surface area contributed by atoms with Crippen molar-refractivity contribution in [1.82, 2.24) is 0 Å². The van der Waals surface area contributed by atoms with Crippen LogP contribution < -0.4 is 4.74 Å². The van der Waals surface area contributed by atoms with E-state index in [4.69, 9.17) is 33.0 Å². The molecule has 0 spiro atoms. The highest BCUT2D eigenvalue weighted by Gasteiger charge is 2.13. The molecule has 0 amide bonds. The van der Waals surface area contributed by atoms with Crippen molar-refractivity contribution < 1.29 is 19.0 Å². The highest BCUT2D eigenvalue weighted by atomic mass is 79.9. The lowest BCUT2D eigenvalue weighted by Crippen LogP contribution is -1.98. The van der Waals surface area contributed by atoms with Gasteiger partial charge in [0.1, 0.15) is 5.75 Å². The Labute approximate surface area is 132 Å². The Morgan fingerprint density at radius 1 is 1.15 bits per heavy atom. The fourth-order valence-electron chi connectivity index (χ4n) is 1.42. The first-order valence-electron chi connectivity index (χ1n) is 5.23. The van der Waals surface area contributed by atoms with Gasteiger partial charge in [0.2, 0.25) is 0 Å². The number of carboxylic acid groups (broad SMARTS) is 1. The van der Waals surface area contributed by atoms with Crippen LogP contribution in [0.1, 0.15) is 10.4 Å². The standard InChI is InChI=1S/C13H6BrCl2FO3/c14-7-4-9(16)12(5-8(7)15)20-11-2-1-6(13(18)19)3-10(11)17/h1-5H,(H,18,19). The molecule has 1 N–H and O–H groups in total. The highest BCUT2D eigenvalue weighted by molar-refractivity contribution is 9.10. The Bertz CT molecular complexity index is 692. The lowest BCUT2D eigenvalue weighted by Gasteiger charge is -2.10. The minimum Gasteiger partial charge on any atom is -0.478 e. The fraction of sp³-hybridized carbons (Fsp3) is 0. The van der Waals surface area contributed by atoms with E-state index in [2.05, 4.69) is 15.9 Å². The summed E-state index contributed by atoms with van der Waals surface area (Å²) in [6.07, 6.45) is 0. The number of hydrogen-bond donors (Lipinski definition) is 1. The second-order valence-electron chi connectivity index (χ2n) is 3.75. The molecule has 0 heterocycles. The van der Waals surface area contributed by atoms with E-state index < -0.39 is 11.8 Å². The lowest BCUT2D eigenvalue weighted by atomic mass is 10.2. The summed E-state index contributed by atoms with van der Waals surface area (Å²) in [4.78, 5) is 10.7. The molecule has 2 aromatic carbocycles. The van der Waals surface area contributed by atoms with Crippen LogP contribution in [0.25, 0.3) is 0 Å². The van der Waals surface area contributed by atoms with Crippen molar-refractivity contribution in [3.05, 3.63) is 56.2 Å². The number of carbonyl (C=O) groups is 1. The number of ether oxygens (including phenoxy) is 1. The molecule has 7 heteroatoms. The van der Waals surface area contributed by atoms with Crippen LogP contribution in [0.4, 0.5) is 4.39 Å². The smallest absolute Gasteiger partial charge is 0.335 e. The first-order chi connectivity index (χ1) is 9.38. The zero-order chi connectivity index (χ0) is 14.9. The van der Waals surface area contributed by atoms with E-state index in [-0.39, 0.29) is 22.1 Å². The normalized spacial score (nSPS) is 10.4. The van der Waals surface area contributed by atoms with E-state index in [1.54, 1.807) is 0 Å². The maximum atomic E-state index is 13.7. The zero-order valence-electron chi connectivity index (χ0n) is 9.66. The van der Waals surface area contributed by atoms with Crippen LogP contribution in [-0.2, 0) is 0 Å². The predicted molar refractivity (Wildman–Crippen MR) is 77.6 cm³/mol. The molecule has 2 rings (SSSR count). The lowest BCUT2D eigenvalue weighted by molar-refractivity contribution is 0.0696. The van der Waals surface area contributed by atoms with Crippen molar-refractivity contribution in [2.24, 2.45) is 0 Å². The van der Waals surface area contributed by atoms with E-state index in [9.17, 15) is 9.18 Å². The van der Waals surface area contributed by atoms with E-state index in [1.807, 2.05) is 0 Å². The molecule has 104 valence electrons. The van der Waals surface area contributed by atoms with Crippen LogP contribution in [0.5, 0.6) is 11.5 Å². The Hall–Kier alpha value is -1.30. The monoisotopic (exact) mass is 378 g/mol. The zero-order valence-corrected chi connectivity index (χ0v) is 12.8. The Morgan fingerprint density at radius 2 is 1.85 bits per heavy atom. The molecule has 0 atom stereocenters. The summed E-state index contributed by atoms with van der Waals surface area (Å²) in [5.41, 5.74) is -0.171. The number of halogens is 4. The molecular formula is C13H6BrCl2FO3. The number of carboxylic acids is 1. The molecule has 0 bridgehead atoms. The maximum Gasteiger partial charge on any atom is 0.335 e. The van der Waals surface area contributed by atoms with Gasteiger partial charge < -0.3 is 9.84 Å². The van der Waals surface area contributed by atoms with Gasteiger partial charge in [-0.05, 0) is 40.2 Å². The van der Waals surface area contributed by atoms with Crippen LogP contribution >= 0.6 is 39.1 Å². The van der Waals surface area contributed by atoms with Crippen LogP contribution in [0.2, 0.25) is 10.0 Å². The van der Waals surface area contributed by atoms with E-state index in [0.717, 1.165) is 6.07 Å². The molecule has 0 unspecified atom stereocenters. The van der Waals surface area contributed by atoms with Gasteiger partial charge in [-0.3, -0.25) is 0 Å². The molecule has 0 saturated carbocycles. The quantitative estimate of drug-likeness (QED) is 0.727. The Balaban J connectivity index is 2.35. The third-order valence-electron chi connectivity index (χ3n) is 2.37. The summed E-state index contributed by atoms with van der Waals surface area (Å²) in [5.74, 6) is -2.00. The first-order valence-corrected chi connectivity index (χ1v) is 6.78. The van der Waals surface area contributed by atoms with Gasteiger partial charge in [0.25, 0.3) is 0 Å². The van der Waals surface area contributed by atoms with Gasteiger partial charge in [-0.1, -0.05) is 23.2 Å². The number of hydrogen-bond acceptors (Lipinski definition) is 2. The molecule has 0 saturated heterocycles. The number of aromatic carboxylic acids is 1. The molecule has 2 aromatic rings. The largest absolute Gasteiger partial charge is 0.478 e. The molecule has 0 aliphatic heterocycles. The molecular weight excluding hydrogens is 374 g/mol. The van der Waals surface area contributed by atoms with Crippen molar-refractivity contribution in [2.45, 2.75) is 0 Å². The predicted octanol–water partition coefficient (Wildman–Crippen LogP) is 5.39. The van der Waals surface area contributed by atoms with Crippen molar-refractivity contribution in [1.29, 1.82) is 0 Å². The van der Waals surface area contributed by atoms with Crippen LogP contribution in [-0.4, -0.2) is 11.1 Å². The van der Waals surface area contributed by atoms with Crippen molar-refractivity contribution in [3.63, 3.8) is 0 Å². The molecule has 0 aliphatic rings. The van der Waals surface area contributed by atoms with Gasteiger partial charge in [0.15, 0.2) is 11.6 Å². The van der Waals surface area contributed by atoms with Crippen LogP contribution in [0, 0.1) is 5.82 Å². The van der Waals surface area contributed by atoms with Crippen molar-refractivity contribution >= 4 is 45.1 Å². The van der Waals surface area contributed by atoms with Crippen molar-refractivity contribution in [3.8, 4) is 11.5 Å². The van der Waals surface area contributed by atoms with Gasteiger partial charge in [0.05, 0.1) is 15.6 Å². The average molecular weight is 380 g/mol. The first kappa shape index (κ1) is 15.1. The van der Waals surface area contributed by atoms with E-state index >= 15 is 0 Å². The van der Waals surface area contributed by atoms with Gasteiger partial charge in [-0.25, -0.2) is 9.18 Å². The second-order valence-corrected chi connectivity index (χ2v) is 5.42. The molecule has 0 radical (unpaired) electrons. The van der Waals surface area contributed by atoms with Gasteiger partial charge in [-0.15, -0.1) is 0 Å². The SMILES string of the molecule is O=C(O)c1ccc(Oc2cc(Cl)c(Br)cc2Cl)c(F)c1. The van der Waals surface area contributed by atoms with Gasteiger partial charge in [0, 0.05) is 10.5 Å². The summed E-state index contributed by atoms with van der Waals surface area (Å²) in [7, 11) is 0.